The van der Waals surface area contributed by atoms with Gasteiger partial charge in [0.15, 0.2) is 5.65 Å². The molecule has 0 saturated heterocycles. The van der Waals surface area contributed by atoms with Crippen molar-refractivity contribution >= 4 is 28.8 Å². The Balaban J connectivity index is 1.60. The van der Waals surface area contributed by atoms with E-state index in [4.69, 9.17) is 28.3 Å². The molecule has 0 radical (unpaired) electrons. The van der Waals surface area contributed by atoms with Crippen molar-refractivity contribution < 1.29 is 0 Å². The first-order chi connectivity index (χ1) is 13.2. The molecule has 0 bridgehead atoms. The highest BCUT2D eigenvalue weighted by Gasteiger charge is 2.43. The summed E-state index contributed by atoms with van der Waals surface area (Å²) in [7, 11) is 0. The predicted octanol–water partition coefficient (Wildman–Crippen LogP) is 6.17. The van der Waals surface area contributed by atoms with Crippen LogP contribution < -0.4 is 0 Å². The molecule has 0 atom stereocenters. The number of hydrogen-bond acceptors (Lipinski definition) is 2. The molecule has 2 aromatic heterocycles. The molecule has 0 amide bonds. The minimum absolute atomic E-state index is 0.105. The third-order valence-corrected chi connectivity index (χ3v) is 6.16. The molecule has 27 heavy (non-hydrogen) atoms. The van der Waals surface area contributed by atoms with E-state index in [2.05, 4.69) is 17.1 Å². The average molecular weight is 394 g/mol. The Morgan fingerprint density at radius 3 is 2.41 bits per heavy atom. The molecule has 1 aliphatic rings. The Bertz CT molecular complexity index is 1130. The maximum Gasteiger partial charge on any atom is 0.155 e. The largest absolute Gasteiger partial charge is 0.236 e. The molecule has 0 spiro atoms. The monoisotopic (exact) mass is 393 g/mol. The van der Waals surface area contributed by atoms with Crippen LogP contribution in [0.1, 0.15) is 30.5 Å². The first kappa shape index (κ1) is 16.8. The lowest BCUT2D eigenvalue weighted by atomic mass is 9.62. The smallest absolute Gasteiger partial charge is 0.155 e. The van der Waals surface area contributed by atoms with Gasteiger partial charge in [0.2, 0.25) is 0 Å². The second-order valence-electron chi connectivity index (χ2n) is 7.10. The molecule has 2 aromatic carbocycles. The predicted molar refractivity (Wildman–Crippen MR) is 110 cm³/mol. The lowest BCUT2D eigenvalue weighted by Crippen LogP contribution is -2.36. The fraction of sp³-hybridized carbons (Fsp3) is 0.182. The van der Waals surface area contributed by atoms with Gasteiger partial charge in [-0.2, -0.15) is 5.10 Å². The van der Waals surface area contributed by atoms with Crippen LogP contribution in [0.4, 0.5) is 0 Å². The number of hydrogen-bond donors (Lipinski definition) is 0. The van der Waals surface area contributed by atoms with Gasteiger partial charge in [0.05, 0.1) is 5.69 Å². The number of fused-ring (bicyclic) bond motifs is 1. The van der Waals surface area contributed by atoms with Crippen LogP contribution in [-0.4, -0.2) is 14.6 Å². The lowest BCUT2D eigenvalue weighted by Gasteiger charge is -2.41. The fourth-order valence-electron chi connectivity index (χ4n) is 3.95. The van der Waals surface area contributed by atoms with Gasteiger partial charge in [0.1, 0.15) is 0 Å². The highest BCUT2D eigenvalue weighted by atomic mass is 35.5. The molecule has 1 fully saturated rings. The zero-order valence-electron chi connectivity index (χ0n) is 14.6. The van der Waals surface area contributed by atoms with E-state index in [1.807, 2.05) is 59.4 Å². The van der Waals surface area contributed by atoms with Crippen molar-refractivity contribution in [1.29, 1.82) is 0 Å². The van der Waals surface area contributed by atoms with E-state index in [-0.39, 0.29) is 5.41 Å². The van der Waals surface area contributed by atoms with Crippen molar-refractivity contribution in [1.82, 2.24) is 14.6 Å². The second-order valence-corrected chi connectivity index (χ2v) is 7.94. The average Bonchev–Trinajstić information content (AvgIpc) is 3.06. The Hall–Kier alpha value is -2.36. The van der Waals surface area contributed by atoms with Gasteiger partial charge in [-0.25, -0.2) is 9.50 Å². The van der Waals surface area contributed by atoms with Gasteiger partial charge in [-0.3, -0.25) is 0 Å². The van der Waals surface area contributed by atoms with Crippen molar-refractivity contribution in [2.24, 2.45) is 0 Å². The van der Waals surface area contributed by atoms with Gasteiger partial charge >= 0.3 is 0 Å². The Labute approximate surface area is 167 Å². The molecule has 5 rings (SSSR count). The summed E-state index contributed by atoms with van der Waals surface area (Å²) in [6.45, 7) is 0. The summed E-state index contributed by atoms with van der Waals surface area (Å²) in [4.78, 5) is 4.62. The van der Waals surface area contributed by atoms with Crippen molar-refractivity contribution in [3.63, 3.8) is 0 Å². The summed E-state index contributed by atoms with van der Waals surface area (Å²) in [5, 5.41) is 6.43. The van der Waals surface area contributed by atoms with Gasteiger partial charge in [-0.15, -0.1) is 0 Å². The lowest BCUT2D eigenvalue weighted by molar-refractivity contribution is 0.293. The summed E-state index contributed by atoms with van der Waals surface area (Å²) in [5.74, 6) is 0. The zero-order valence-corrected chi connectivity index (χ0v) is 16.1. The van der Waals surface area contributed by atoms with E-state index in [9.17, 15) is 0 Å². The van der Waals surface area contributed by atoms with Crippen molar-refractivity contribution in [2.75, 3.05) is 0 Å². The van der Waals surface area contributed by atoms with Crippen LogP contribution in [0.15, 0.2) is 67.0 Å². The van der Waals surface area contributed by atoms with Crippen molar-refractivity contribution in [3.8, 4) is 11.1 Å². The van der Waals surface area contributed by atoms with Crippen LogP contribution in [0.2, 0.25) is 10.0 Å². The molecule has 0 unspecified atom stereocenters. The summed E-state index contributed by atoms with van der Waals surface area (Å²) in [6.07, 6.45) is 7.21. The number of benzene rings is 2. The number of halogens is 2. The fourth-order valence-corrected chi connectivity index (χ4v) is 4.39. The Morgan fingerprint density at radius 1 is 0.926 bits per heavy atom. The highest BCUT2D eigenvalue weighted by Crippen LogP contribution is 2.50. The third-order valence-electron chi connectivity index (χ3n) is 5.58. The van der Waals surface area contributed by atoms with Gasteiger partial charge in [0, 0.05) is 39.5 Å². The van der Waals surface area contributed by atoms with Crippen LogP contribution in [0, 0.1) is 0 Å². The van der Waals surface area contributed by atoms with Crippen LogP contribution in [0.25, 0.3) is 16.8 Å². The Morgan fingerprint density at radius 2 is 1.70 bits per heavy atom. The molecule has 1 aliphatic carbocycles. The second kappa shape index (κ2) is 6.36. The highest BCUT2D eigenvalue weighted by molar-refractivity contribution is 6.31. The molecule has 134 valence electrons. The molecule has 0 aliphatic heterocycles. The van der Waals surface area contributed by atoms with Gasteiger partial charge in [-0.05, 0) is 42.2 Å². The third kappa shape index (κ3) is 2.73. The van der Waals surface area contributed by atoms with E-state index in [1.165, 1.54) is 12.0 Å². The van der Waals surface area contributed by atoms with E-state index in [0.29, 0.717) is 0 Å². The first-order valence-corrected chi connectivity index (χ1v) is 9.78. The molecule has 3 nitrogen and oxygen atoms in total. The minimum atomic E-state index is -0.105. The molecule has 0 N–H and O–H groups in total. The van der Waals surface area contributed by atoms with Crippen LogP contribution >= 0.6 is 23.2 Å². The minimum Gasteiger partial charge on any atom is -0.236 e. The van der Waals surface area contributed by atoms with E-state index < -0.39 is 0 Å². The molecule has 5 heteroatoms. The molecular weight excluding hydrogens is 377 g/mol. The molecule has 4 aromatic rings. The molecule has 1 saturated carbocycles. The number of aromatic nitrogens is 3. The SMILES string of the molecule is Clc1ccc(-c2cnc3cc(C4(c5ccccc5Cl)CCC4)nn3c2)cc1. The number of nitrogens with zero attached hydrogens (tertiary/aromatic N) is 3. The first-order valence-electron chi connectivity index (χ1n) is 9.03. The number of rotatable bonds is 3. The van der Waals surface area contributed by atoms with E-state index in [1.54, 1.807) is 0 Å². The summed E-state index contributed by atoms with van der Waals surface area (Å²) in [5.41, 5.74) is 5.03. The van der Waals surface area contributed by atoms with Gasteiger partial charge in [-0.1, -0.05) is 60.0 Å². The van der Waals surface area contributed by atoms with E-state index >= 15 is 0 Å². The molecule has 2 heterocycles. The maximum atomic E-state index is 6.53. The van der Waals surface area contributed by atoms with Crippen LogP contribution in [0.3, 0.4) is 0 Å². The Kier molecular flexibility index (Phi) is 3.96. The summed E-state index contributed by atoms with van der Waals surface area (Å²) < 4.78 is 1.87. The zero-order chi connectivity index (χ0) is 18.4. The maximum absolute atomic E-state index is 6.53. The van der Waals surface area contributed by atoms with Crippen LogP contribution in [0.5, 0.6) is 0 Å². The quantitative estimate of drug-likeness (QED) is 0.416. The van der Waals surface area contributed by atoms with Gasteiger partial charge in [0.25, 0.3) is 0 Å². The van der Waals surface area contributed by atoms with Crippen molar-refractivity contribution in [3.05, 3.63) is 88.3 Å². The van der Waals surface area contributed by atoms with Crippen LogP contribution in [-0.2, 0) is 5.41 Å². The van der Waals surface area contributed by atoms with E-state index in [0.717, 1.165) is 45.4 Å². The summed E-state index contributed by atoms with van der Waals surface area (Å²) >= 11 is 12.5. The summed E-state index contributed by atoms with van der Waals surface area (Å²) in [6, 6.07) is 18.0. The van der Waals surface area contributed by atoms with Crippen molar-refractivity contribution in [2.45, 2.75) is 24.7 Å². The standard InChI is InChI=1S/C22H17Cl2N3/c23-17-8-6-15(7-9-17)16-13-25-21-12-20(26-27(21)14-16)22(10-3-11-22)18-4-1-2-5-19(18)24/h1-2,4-9,12-14H,3,10-11H2. The topological polar surface area (TPSA) is 30.2 Å². The van der Waals surface area contributed by atoms with Gasteiger partial charge < -0.3 is 0 Å². The normalized spacial score (nSPS) is 15.6. The molecular formula is C22H17Cl2N3.